The average Bonchev–Trinajstić information content (AvgIpc) is 2.97. The second-order valence-electron chi connectivity index (χ2n) is 11.2. The molecule has 4 aliphatic carbocycles. The Morgan fingerprint density at radius 1 is 0.923 bits per heavy atom. The molecule has 2 nitrogen and oxygen atoms in total. The molecule has 0 amide bonds. The Labute approximate surface area is 161 Å². The Hall–Kier alpha value is -0.0800. The van der Waals surface area contributed by atoms with E-state index in [-0.39, 0.29) is 6.10 Å². The minimum absolute atomic E-state index is 0.0262. The number of fused-ring (bicyclic) bond motifs is 5. The molecule has 26 heavy (non-hydrogen) atoms. The van der Waals surface area contributed by atoms with Crippen molar-refractivity contribution in [2.45, 2.75) is 97.5 Å². The highest BCUT2D eigenvalue weighted by atomic mass is 16.3. The van der Waals surface area contributed by atoms with Gasteiger partial charge < -0.3 is 10.2 Å². The maximum absolute atomic E-state index is 10.2. The highest BCUT2D eigenvalue weighted by Gasteiger charge is 2.60. The van der Waals surface area contributed by atoms with Gasteiger partial charge >= 0.3 is 0 Å². The molecule has 0 radical (unpaired) electrons. The maximum Gasteiger partial charge on any atom is 0.0543 e. The van der Waals surface area contributed by atoms with Crippen molar-refractivity contribution in [3.63, 3.8) is 0 Å². The van der Waals surface area contributed by atoms with Gasteiger partial charge in [0.25, 0.3) is 0 Å². The van der Waals surface area contributed by atoms with E-state index in [2.05, 4.69) is 20.8 Å². The summed E-state index contributed by atoms with van der Waals surface area (Å²) in [5.74, 6) is 5.22. The lowest BCUT2D eigenvalue weighted by molar-refractivity contribution is -0.129. The van der Waals surface area contributed by atoms with Crippen LogP contribution >= 0.6 is 0 Å². The zero-order chi connectivity index (χ0) is 18.5. The monoisotopic (exact) mass is 362 g/mol. The zero-order valence-electron chi connectivity index (χ0n) is 17.4. The van der Waals surface area contributed by atoms with Crippen LogP contribution in [0.15, 0.2) is 0 Å². The van der Waals surface area contributed by atoms with E-state index in [0.29, 0.717) is 17.4 Å². The number of hydrogen-bond donors (Lipinski definition) is 2. The van der Waals surface area contributed by atoms with Crippen LogP contribution in [0.4, 0.5) is 0 Å². The molecule has 2 N–H and O–H groups in total. The Morgan fingerprint density at radius 3 is 2.42 bits per heavy atom. The van der Waals surface area contributed by atoms with Crippen LogP contribution in [-0.2, 0) is 0 Å². The summed E-state index contributed by atoms with van der Waals surface area (Å²) in [4.78, 5) is 0. The van der Waals surface area contributed by atoms with Gasteiger partial charge in [-0.3, -0.25) is 0 Å². The van der Waals surface area contributed by atoms with E-state index in [1.165, 1.54) is 51.4 Å². The fraction of sp³-hybridized carbons (Fsp3) is 1.00. The summed E-state index contributed by atoms with van der Waals surface area (Å²) in [6.45, 7) is 8.05. The highest BCUT2D eigenvalue weighted by molar-refractivity contribution is 5.09. The molecule has 4 fully saturated rings. The predicted octanol–water partition coefficient (Wildman–Crippen LogP) is 5.41. The van der Waals surface area contributed by atoms with E-state index in [1.807, 2.05) is 0 Å². The molecule has 0 aromatic heterocycles. The van der Waals surface area contributed by atoms with Crippen molar-refractivity contribution in [1.29, 1.82) is 0 Å². The smallest absolute Gasteiger partial charge is 0.0543 e. The summed E-state index contributed by atoms with van der Waals surface area (Å²) in [6.07, 6.45) is 14.1. The SMILES string of the molecule is C[C@@H](CCCO)[C@H]1CC[C@H]2[C@@H]3CC[C@@H]4C[C@H](O)CC[C@]4(C)[C@H]3CC[C@]12C. The van der Waals surface area contributed by atoms with Gasteiger partial charge in [0.2, 0.25) is 0 Å². The van der Waals surface area contributed by atoms with Crippen LogP contribution in [0, 0.1) is 46.3 Å². The molecule has 0 spiro atoms. The van der Waals surface area contributed by atoms with Crippen molar-refractivity contribution in [2.24, 2.45) is 46.3 Å². The molecular weight excluding hydrogens is 320 g/mol. The van der Waals surface area contributed by atoms with Crippen LogP contribution in [0.3, 0.4) is 0 Å². The number of rotatable bonds is 4. The standard InChI is InChI=1S/C24H42O2/c1-16(5-4-14-25)20-8-9-21-19-7-6-17-15-18(26)10-12-23(17,2)22(19)11-13-24(20,21)3/h16-22,25-26H,4-15H2,1-3H3/t16-,17+,18+,19-,20+,21-,22-,23-,24+/m0/s1. The normalized spacial score (nSPS) is 52.0. The van der Waals surface area contributed by atoms with Gasteiger partial charge in [-0.25, -0.2) is 0 Å². The molecular formula is C24H42O2. The predicted molar refractivity (Wildman–Crippen MR) is 107 cm³/mol. The molecule has 0 heterocycles. The number of hydrogen-bond acceptors (Lipinski definition) is 2. The molecule has 4 rings (SSSR count). The lowest BCUT2D eigenvalue weighted by atomic mass is 9.44. The lowest BCUT2D eigenvalue weighted by Gasteiger charge is -2.61. The molecule has 9 atom stereocenters. The molecule has 4 saturated carbocycles. The molecule has 0 aromatic carbocycles. The van der Waals surface area contributed by atoms with Gasteiger partial charge in [0.05, 0.1) is 6.10 Å². The lowest BCUT2D eigenvalue weighted by Crippen LogP contribution is -2.54. The van der Waals surface area contributed by atoms with Gasteiger partial charge in [-0.05, 0) is 117 Å². The van der Waals surface area contributed by atoms with Crippen LogP contribution in [0.2, 0.25) is 0 Å². The van der Waals surface area contributed by atoms with Gasteiger partial charge in [0, 0.05) is 6.61 Å². The Kier molecular flexibility index (Phi) is 5.23. The molecule has 0 aromatic rings. The van der Waals surface area contributed by atoms with E-state index < -0.39 is 0 Å². The summed E-state index contributed by atoms with van der Waals surface area (Å²) < 4.78 is 0. The van der Waals surface area contributed by atoms with Crippen LogP contribution in [-0.4, -0.2) is 22.9 Å². The summed E-state index contributed by atoms with van der Waals surface area (Å²) in [7, 11) is 0. The van der Waals surface area contributed by atoms with Gasteiger partial charge in [-0.1, -0.05) is 20.8 Å². The fourth-order valence-electron chi connectivity index (χ4n) is 8.83. The van der Waals surface area contributed by atoms with Crippen molar-refractivity contribution in [1.82, 2.24) is 0 Å². The van der Waals surface area contributed by atoms with Crippen molar-refractivity contribution in [2.75, 3.05) is 6.61 Å². The average molecular weight is 363 g/mol. The molecule has 0 aliphatic heterocycles. The Morgan fingerprint density at radius 2 is 1.65 bits per heavy atom. The van der Waals surface area contributed by atoms with Crippen LogP contribution in [0.1, 0.15) is 91.4 Å². The van der Waals surface area contributed by atoms with E-state index >= 15 is 0 Å². The van der Waals surface area contributed by atoms with Gasteiger partial charge in [-0.15, -0.1) is 0 Å². The second-order valence-corrected chi connectivity index (χ2v) is 11.2. The van der Waals surface area contributed by atoms with Gasteiger partial charge in [0.1, 0.15) is 0 Å². The zero-order valence-corrected chi connectivity index (χ0v) is 17.4. The molecule has 2 heteroatoms. The third-order valence-corrected chi connectivity index (χ3v) is 10.2. The molecule has 0 saturated heterocycles. The summed E-state index contributed by atoms with van der Waals surface area (Å²) in [5.41, 5.74) is 1.05. The number of aliphatic hydroxyl groups is 2. The van der Waals surface area contributed by atoms with Crippen LogP contribution < -0.4 is 0 Å². The summed E-state index contributed by atoms with van der Waals surface area (Å²) in [6, 6.07) is 0. The van der Waals surface area contributed by atoms with Crippen molar-refractivity contribution in [3.05, 3.63) is 0 Å². The Balaban J connectivity index is 1.52. The summed E-state index contributed by atoms with van der Waals surface area (Å²) >= 11 is 0. The first-order valence-electron chi connectivity index (χ1n) is 11.7. The first-order valence-corrected chi connectivity index (χ1v) is 11.7. The minimum Gasteiger partial charge on any atom is -0.396 e. The molecule has 4 aliphatic rings. The first kappa shape index (κ1) is 19.2. The fourth-order valence-corrected chi connectivity index (χ4v) is 8.83. The number of aliphatic hydroxyl groups excluding tert-OH is 2. The van der Waals surface area contributed by atoms with Gasteiger partial charge in [0.15, 0.2) is 0 Å². The van der Waals surface area contributed by atoms with Crippen LogP contribution in [0.5, 0.6) is 0 Å². The molecule has 0 bridgehead atoms. The molecule has 0 unspecified atom stereocenters. The van der Waals surface area contributed by atoms with E-state index in [1.54, 1.807) is 0 Å². The maximum atomic E-state index is 10.2. The van der Waals surface area contributed by atoms with Gasteiger partial charge in [-0.2, -0.15) is 0 Å². The summed E-state index contributed by atoms with van der Waals surface area (Å²) in [5, 5.41) is 19.4. The minimum atomic E-state index is -0.0262. The highest BCUT2D eigenvalue weighted by Crippen LogP contribution is 2.68. The Bertz CT molecular complexity index is 504. The van der Waals surface area contributed by atoms with Crippen molar-refractivity contribution < 1.29 is 10.2 Å². The molecule has 150 valence electrons. The van der Waals surface area contributed by atoms with E-state index in [9.17, 15) is 10.2 Å². The third kappa shape index (κ3) is 2.89. The van der Waals surface area contributed by atoms with Crippen LogP contribution in [0.25, 0.3) is 0 Å². The second kappa shape index (κ2) is 7.07. The quantitative estimate of drug-likeness (QED) is 0.701. The van der Waals surface area contributed by atoms with E-state index in [0.717, 1.165) is 54.8 Å². The largest absolute Gasteiger partial charge is 0.396 e. The first-order chi connectivity index (χ1) is 12.4. The topological polar surface area (TPSA) is 40.5 Å². The van der Waals surface area contributed by atoms with Crippen molar-refractivity contribution in [3.8, 4) is 0 Å². The van der Waals surface area contributed by atoms with Crippen molar-refractivity contribution >= 4 is 0 Å². The van der Waals surface area contributed by atoms with E-state index in [4.69, 9.17) is 0 Å². The third-order valence-electron chi connectivity index (χ3n) is 10.2.